The van der Waals surface area contributed by atoms with Gasteiger partial charge >= 0.3 is 0 Å². The van der Waals surface area contributed by atoms with E-state index in [0.29, 0.717) is 11.4 Å². The van der Waals surface area contributed by atoms with Gasteiger partial charge in [-0.25, -0.2) is 0 Å². The van der Waals surface area contributed by atoms with Gasteiger partial charge in [-0.1, -0.05) is 24.4 Å². The van der Waals surface area contributed by atoms with E-state index >= 15 is 0 Å². The average Bonchev–Trinajstić information content (AvgIpc) is 2.95. The molecule has 0 fully saturated rings. The number of nitrogens with two attached hydrogens (primary N) is 1. The fourth-order valence-electron chi connectivity index (χ4n) is 2.62. The highest BCUT2D eigenvalue weighted by Crippen LogP contribution is 2.26. The van der Waals surface area contributed by atoms with Crippen molar-refractivity contribution in [2.45, 2.75) is 32.7 Å². The van der Waals surface area contributed by atoms with Crippen LogP contribution in [0.4, 0.5) is 5.69 Å². The van der Waals surface area contributed by atoms with Crippen LogP contribution in [0.1, 0.15) is 46.3 Å². The summed E-state index contributed by atoms with van der Waals surface area (Å²) in [6.45, 7) is 5.39. The minimum absolute atomic E-state index is 0.0294. The van der Waals surface area contributed by atoms with Crippen LogP contribution >= 0.6 is 11.5 Å². The second kappa shape index (κ2) is 5.44. The first-order chi connectivity index (χ1) is 10.1. The maximum absolute atomic E-state index is 12.7. The van der Waals surface area contributed by atoms with Crippen molar-refractivity contribution in [3.05, 3.63) is 39.9 Å². The summed E-state index contributed by atoms with van der Waals surface area (Å²) in [5.74, 6) is 0.234. The SMILES string of the molecule is CC(C)c1nnsc1C(=O)N1CCc2ccc(N)cc2C1. The molecule has 1 aromatic heterocycles. The molecule has 0 bridgehead atoms. The molecule has 0 unspecified atom stereocenters. The Labute approximate surface area is 127 Å². The predicted molar refractivity (Wildman–Crippen MR) is 83.3 cm³/mol. The van der Waals surface area contributed by atoms with E-state index < -0.39 is 0 Å². The number of nitrogen functional groups attached to an aromatic ring is 1. The molecule has 1 aromatic carbocycles. The zero-order valence-corrected chi connectivity index (χ0v) is 13.0. The molecule has 0 aliphatic carbocycles. The molecule has 1 aliphatic heterocycles. The smallest absolute Gasteiger partial charge is 0.267 e. The number of nitrogens with zero attached hydrogens (tertiary/aromatic N) is 3. The fourth-order valence-corrected chi connectivity index (χ4v) is 3.41. The number of fused-ring (bicyclic) bond motifs is 1. The molecule has 0 radical (unpaired) electrons. The molecule has 0 spiro atoms. The average molecular weight is 302 g/mol. The van der Waals surface area contributed by atoms with Crippen LogP contribution < -0.4 is 5.73 Å². The number of aromatic nitrogens is 2. The Morgan fingerprint density at radius 2 is 2.19 bits per heavy atom. The normalized spacial score (nSPS) is 14.3. The van der Waals surface area contributed by atoms with E-state index in [2.05, 4.69) is 15.7 Å². The van der Waals surface area contributed by atoms with E-state index in [1.165, 1.54) is 17.1 Å². The van der Waals surface area contributed by atoms with Gasteiger partial charge in [0.1, 0.15) is 4.88 Å². The minimum Gasteiger partial charge on any atom is -0.399 e. The summed E-state index contributed by atoms with van der Waals surface area (Å²) in [6, 6.07) is 5.93. The van der Waals surface area contributed by atoms with Crippen molar-refractivity contribution in [1.29, 1.82) is 0 Å². The molecule has 1 aliphatic rings. The van der Waals surface area contributed by atoms with Crippen molar-refractivity contribution in [3.63, 3.8) is 0 Å². The van der Waals surface area contributed by atoms with Gasteiger partial charge in [-0.15, -0.1) is 5.10 Å². The maximum atomic E-state index is 12.7. The number of carbonyl (C=O) groups is 1. The number of rotatable bonds is 2. The molecule has 0 atom stereocenters. The lowest BCUT2D eigenvalue weighted by atomic mass is 9.98. The van der Waals surface area contributed by atoms with Crippen LogP contribution in [0.15, 0.2) is 18.2 Å². The molecule has 0 saturated carbocycles. The van der Waals surface area contributed by atoms with Crippen molar-refractivity contribution in [2.24, 2.45) is 0 Å². The Morgan fingerprint density at radius 3 is 2.95 bits per heavy atom. The molecular formula is C15H18N4OS. The fraction of sp³-hybridized carbons (Fsp3) is 0.400. The molecule has 3 rings (SSSR count). The van der Waals surface area contributed by atoms with Crippen LogP contribution in [0.5, 0.6) is 0 Å². The third kappa shape index (κ3) is 2.63. The summed E-state index contributed by atoms with van der Waals surface area (Å²) < 4.78 is 3.94. The van der Waals surface area contributed by atoms with E-state index in [1.54, 1.807) is 0 Å². The summed E-state index contributed by atoms with van der Waals surface area (Å²) in [5, 5.41) is 4.09. The van der Waals surface area contributed by atoms with E-state index in [0.717, 1.165) is 29.9 Å². The molecule has 2 N–H and O–H groups in total. The number of benzene rings is 1. The highest BCUT2D eigenvalue weighted by Gasteiger charge is 2.26. The molecule has 0 saturated heterocycles. The van der Waals surface area contributed by atoms with Crippen molar-refractivity contribution < 1.29 is 4.79 Å². The Morgan fingerprint density at radius 1 is 1.38 bits per heavy atom. The van der Waals surface area contributed by atoms with Crippen molar-refractivity contribution in [3.8, 4) is 0 Å². The highest BCUT2D eigenvalue weighted by molar-refractivity contribution is 7.08. The van der Waals surface area contributed by atoms with Gasteiger partial charge in [-0.05, 0) is 47.1 Å². The Hall–Kier alpha value is -1.95. The lowest BCUT2D eigenvalue weighted by Crippen LogP contribution is -2.36. The summed E-state index contributed by atoms with van der Waals surface area (Å²) in [4.78, 5) is 15.2. The van der Waals surface area contributed by atoms with Crippen LogP contribution in [-0.4, -0.2) is 26.9 Å². The number of anilines is 1. The summed E-state index contributed by atoms with van der Waals surface area (Å²) >= 11 is 1.19. The Bertz CT molecular complexity index is 680. The zero-order chi connectivity index (χ0) is 15.0. The van der Waals surface area contributed by atoms with Gasteiger partial charge in [0.15, 0.2) is 0 Å². The quantitative estimate of drug-likeness (QED) is 0.865. The van der Waals surface area contributed by atoms with E-state index in [1.807, 2.05) is 30.9 Å². The molecule has 110 valence electrons. The lowest BCUT2D eigenvalue weighted by molar-refractivity contribution is 0.0738. The number of hydrogen-bond donors (Lipinski definition) is 1. The third-order valence-corrected chi connectivity index (χ3v) is 4.51. The van der Waals surface area contributed by atoms with Gasteiger partial charge in [0.05, 0.1) is 5.69 Å². The van der Waals surface area contributed by atoms with Crippen LogP contribution in [0.25, 0.3) is 0 Å². The molecule has 5 nitrogen and oxygen atoms in total. The Balaban J connectivity index is 1.85. The van der Waals surface area contributed by atoms with Crippen molar-refractivity contribution in [1.82, 2.24) is 14.5 Å². The third-order valence-electron chi connectivity index (χ3n) is 3.78. The maximum Gasteiger partial charge on any atom is 0.267 e. The minimum atomic E-state index is 0.0294. The highest BCUT2D eigenvalue weighted by atomic mass is 32.1. The topological polar surface area (TPSA) is 72.1 Å². The molecule has 21 heavy (non-hydrogen) atoms. The van der Waals surface area contributed by atoms with E-state index in [4.69, 9.17) is 5.73 Å². The first kappa shape index (κ1) is 14.0. The first-order valence-corrected chi connectivity index (χ1v) is 7.82. The van der Waals surface area contributed by atoms with Gasteiger partial charge in [0.25, 0.3) is 5.91 Å². The van der Waals surface area contributed by atoms with Gasteiger partial charge in [-0.2, -0.15) is 0 Å². The second-order valence-corrected chi connectivity index (χ2v) is 6.40. The predicted octanol–water partition coefficient (Wildman–Crippen LogP) is 2.44. The van der Waals surface area contributed by atoms with Crippen LogP contribution in [0, 0.1) is 0 Å². The summed E-state index contributed by atoms with van der Waals surface area (Å²) in [5.41, 5.74) is 9.79. The lowest BCUT2D eigenvalue weighted by Gasteiger charge is -2.29. The first-order valence-electron chi connectivity index (χ1n) is 7.05. The standard InChI is InChI=1S/C15H18N4OS/c1-9(2)13-14(21-18-17-13)15(20)19-6-5-10-3-4-12(16)7-11(10)8-19/h3-4,7,9H,5-6,8,16H2,1-2H3. The zero-order valence-electron chi connectivity index (χ0n) is 12.2. The van der Waals surface area contributed by atoms with Crippen LogP contribution in [-0.2, 0) is 13.0 Å². The summed E-state index contributed by atoms with van der Waals surface area (Å²) in [7, 11) is 0. The number of hydrogen-bond acceptors (Lipinski definition) is 5. The molecular weight excluding hydrogens is 284 g/mol. The van der Waals surface area contributed by atoms with E-state index in [9.17, 15) is 4.79 Å². The molecule has 2 aromatic rings. The van der Waals surface area contributed by atoms with Gasteiger partial charge < -0.3 is 10.6 Å². The largest absolute Gasteiger partial charge is 0.399 e. The number of amides is 1. The van der Waals surface area contributed by atoms with Crippen LogP contribution in [0.2, 0.25) is 0 Å². The van der Waals surface area contributed by atoms with Crippen molar-refractivity contribution >= 4 is 23.1 Å². The van der Waals surface area contributed by atoms with Gasteiger partial charge in [0, 0.05) is 18.8 Å². The Kier molecular flexibility index (Phi) is 3.63. The molecule has 1 amide bonds. The van der Waals surface area contributed by atoms with Gasteiger partial charge in [-0.3, -0.25) is 4.79 Å². The molecule has 2 heterocycles. The van der Waals surface area contributed by atoms with Crippen LogP contribution in [0.3, 0.4) is 0 Å². The van der Waals surface area contributed by atoms with E-state index in [-0.39, 0.29) is 11.8 Å². The number of carbonyl (C=O) groups excluding carboxylic acids is 1. The monoisotopic (exact) mass is 302 g/mol. The van der Waals surface area contributed by atoms with Crippen molar-refractivity contribution in [2.75, 3.05) is 12.3 Å². The molecule has 6 heteroatoms. The summed E-state index contributed by atoms with van der Waals surface area (Å²) in [6.07, 6.45) is 0.866. The van der Waals surface area contributed by atoms with Gasteiger partial charge in [0.2, 0.25) is 0 Å². The second-order valence-electron chi connectivity index (χ2n) is 5.65.